The van der Waals surface area contributed by atoms with Crippen LogP contribution in [0.25, 0.3) is 22.6 Å². The first-order valence-corrected chi connectivity index (χ1v) is 11.8. The molecule has 1 atom stereocenters. The quantitative estimate of drug-likeness (QED) is 0.280. The number of rotatable bonds is 8. The molecule has 1 amide bonds. The van der Waals surface area contributed by atoms with E-state index in [4.69, 9.17) is 4.74 Å². The number of H-pyrrole nitrogens is 1. The third-order valence-corrected chi connectivity index (χ3v) is 5.74. The van der Waals surface area contributed by atoms with Gasteiger partial charge in [-0.25, -0.2) is 15.0 Å². The van der Waals surface area contributed by atoms with Crippen LogP contribution in [0.3, 0.4) is 0 Å². The third kappa shape index (κ3) is 5.62. The summed E-state index contributed by atoms with van der Waals surface area (Å²) in [5.41, 5.74) is 4.28. The fraction of sp³-hybridized carbons (Fsp3) is 0.148. The number of aromatic amines is 1. The number of carbonyl (C=O) groups is 1. The Labute approximate surface area is 218 Å². The fourth-order valence-corrected chi connectivity index (χ4v) is 3.72. The molecule has 11 nitrogen and oxygen atoms in total. The molecule has 3 N–H and O–H groups in total. The lowest BCUT2D eigenvalue weighted by Crippen LogP contribution is -2.27. The first-order chi connectivity index (χ1) is 18.5. The van der Waals surface area contributed by atoms with E-state index in [9.17, 15) is 4.79 Å². The second-order valence-electron chi connectivity index (χ2n) is 8.50. The highest BCUT2D eigenvalue weighted by Crippen LogP contribution is 2.22. The van der Waals surface area contributed by atoms with Crippen molar-refractivity contribution in [2.24, 2.45) is 0 Å². The van der Waals surface area contributed by atoms with E-state index < -0.39 is 0 Å². The van der Waals surface area contributed by atoms with Crippen LogP contribution >= 0.6 is 0 Å². The van der Waals surface area contributed by atoms with Crippen molar-refractivity contribution in [1.29, 1.82) is 0 Å². The summed E-state index contributed by atoms with van der Waals surface area (Å²) in [6.45, 7) is 3.78. The molecule has 0 saturated carbocycles. The largest absolute Gasteiger partial charge is 0.481 e. The van der Waals surface area contributed by atoms with Gasteiger partial charge in [-0.15, -0.1) is 0 Å². The number of aromatic nitrogens is 7. The lowest BCUT2D eigenvalue weighted by Gasteiger charge is -2.14. The number of hydrogen-bond acceptors (Lipinski definition) is 9. The van der Waals surface area contributed by atoms with Gasteiger partial charge in [0.15, 0.2) is 11.6 Å². The molecule has 0 fully saturated rings. The van der Waals surface area contributed by atoms with Gasteiger partial charge in [0.05, 0.1) is 18.8 Å². The van der Waals surface area contributed by atoms with Gasteiger partial charge in [-0.05, 0) is 43.7 Å². The normalized spacial score (nSPS) is 11.6. The standard InChI is InChI=1S/C27H25N9O2/c1-16-12-24(34-23-10-11-31-36-23)35-26(32-16)20-5-8-22(29-15-20)27(37)33-17(2)18-4-7-21(28-13-18)19-6-9-25(38-3)30-14-19/h4-15,17H,1-3H3,(H,33,37)(H2,31,32,34,35,36). The van der Waals surface area contributed by atoms with Gasteiger partial charge in [-0.3, -0.25) is 19.9 Å². The molecular weight excluding hydrogens is 482 g/mol. The number of anilines is 2. The van der Waals surface area contributed by atoms with Crippen LogP contribution in [-0.4, -0.2) is 48.1 Å². The van der Waals surface area contributed by atoms with E-state index in [2.05, 4.69) is 45.8 Å². The maximum absolute atomic E-state index is 12.8. The summed E-state index contributed by atoms with van der Waals surface area (Å²) < 4.78 is 5.10. The molecule has 0 aliphatic carbocycles. The predicted octanol–water partition coefficient (Wildman–Crippen LogP) is 4.27. The summed E-state index contributed by atoms with van der Waals surface area (Å²) in [5, 5.41) is 12.9. The molecule has 5 aromatic rings. The van der Waals surface area contributed by atoms with Gasteiger partial charge >= 0.3 is 0 Å². The van der Waals surface area contributed by atoms with E-state index in [1.807, 2.05) is 38.1 Å². The maximum Gasteiger partial charge on any atom is 0.270 e. The Balaban J connectivity index is 1.24. The molecule has 0 aromatic carbocycles. The smallest absolute Gasteiger partial charge is 0.270 e. The van der Waals surface area contributed by atoms with Gasteiger partial charge < -0.3 is 15.4 Å². The summed E-state index contributed by atoms with van der Waals surface area (Å²) in [7, 11) is 1.57. The summed E-state index contributed by atoms with van der Waals surface area (Å²) in [6, 6.07) is 14.3. The lowest BCUT2D eigenvalue weighted by atomic mass is 10.1. The van der Waals surface area contributed by atoms with E-state index >= 15 is 0 Å². The van der Waals surface area contributed by atoms with Crippen LogP contribution < -0.4 is 15.4 Å². The first-order valence-electron chi connectivity index (χ1n) is 11.8. The molecule has 0 radical (unpaired) electrons. The SMILES string of the molecule is COc1ccc(-c2ccc(C(C)NC(=O)c3ccc(-c4nc(C)cc(Nc5cc[nH]n5)n4)cn3)cn2)cn1. The molecule has 1 unspecified atom stereocenters. The van der Waals surface area contributed by atoms with Gasteiger partial charge in [0.25, 0.3) is 5.91 Å². The number of ether oxygens (including phenoxy) is 1. The molecule has 0 saturated heterocycles. The molecule has 5 heterocycles. The number of carbonyl (C=O) groups excluding carboxylic acids is 1. The van der Waals surface area contributed by atoms with Crippen LogP contribution in [0.5, 0.6) is 5.88 Å². The van der Waals surface area contributed by atoms with Crippen molar-refractivity contribution in [3.8, 4) is 28.5 Å². The monoisotopic (exact) mass is 507 g/mol. The lowest BCUT2D eigenvalue weighted by molar-refractivity contribution is 0.0935. The number of amides is 1. The van der Waals surface area contributed by atoms with E-state index in [1.165, 1.54) is 0 Å². The molecule has 0 aliphatic rings. The van der Waals surface area contributed by atoms with Gasteiger partial charge in [0.1, 0.15) is 11.5 Å². The fourth-order valence-electron chi connectivity index (χ4n) is 3.72. The minimum absolute atomic E-state index is 0.268. The average Bonchev–Trinajstić information content (AvgIpc) is 3.46. The topological polar surface area (TPSA) is 143 Å². The van der Waals surface area contributed by atoms with Gasteiger partial charge in [0.2, 0.25) is 5.88 Å². The van der Waals surface area contributed by atoms with Crippen molar-refractivity contribution in [3.05, 3.63) is 90.3 Å². The number of methoxy groups -OCH3 is 1. The zero-order valence-electron chi connectivity index (χ0n) is 21.0. The second-order valence-corrected chi connectivity index (χ2v) is 8.50. The Morgan fingerprint density at radius 2 is 1.76 bits per heavy atom. The van der Waals surface area contributed by atoms with Crippen molar-refractivity contribution in [2.75, 3.05) is 12.4 Å². The minimum atomic E-state index is -0.293. The number of nitrogens with one attached hydrogen (secondary N) is 3. The van der Waals surface area contributed by atoms with E-state index in [0.29, 0.717) is 28.9 Å². The minimum Gasteiger partial charge on any atom is -0.481 e. The summed E-state index contributed by atoms with van der Waals surface area (Å²) in [5.74, 6) is 2.00. The van der Waals surface area contributed by atoms with Crippen molar-refractivity contribution in [1.82, 2.24) is 40.4 Å². The Hall–Kier alpha value is -5.19. The zero-order valence-corrected chi connectivity index (χ0v) is 21.0. The Morgan fingerprint density at radius 3 is 2.42 bits per heavy atom. The van der Waals surface area contributed by atoms with E-state index in [1.54, 1.807) is 56.2 Å². The summed E-state index contributed by atoms with van der Waals surface area (Å²) in [4.78, 5) is 35.0. The number of nitrogens with zero attached hydrogens (tertiary/aromatic N) is 6. The summed E-state index contributed by atoms with van der Waals surface area (Å²) in [6.07, 6.45) is 6.76. The maximum atomic E-state index is 12.8. The van der Waals surface area contributed by atoms with Crippen molar-refractivity contribution in [3.63, 3.8) is 0 Å². The summed E-state index contributed by atoms with van der Waals surface area (Å²) >= 11 is 0. The van der Waals surface area contributed by atoms with Gasteiger partial charge in [-0.1, -0.05) is 6.07 Å². The van der Waals surface area contributed by atoms with Crippen LogP contribution in [0.1, 0.15) is 34.7 Å². The number of hydrogen-bond donors (Lipinski definition) is 3. The highest BCUT2D eigenvalue weighted by atomic mass is 16.5. The molecule has 11 heteroatoms. The van der Waals surface area contributed by atoms with Crippen molar-refractivity contribution >= 4 is 17.5 Å². The van der Waals surface area contributed by atoms with E-state index in [-0.39, 0.29) is 17.6 Å². The number of pyridine rings is 3. The van der Waals surface area contributed by atoms with Crippen molar-refractivity contribution in [2.45, 2.75) is 19.9 Å². The first kappa shape index (κ1) is 24.5. The molecule has 5 rings (SSSR count). The second kappa shape index (κ2) is 10.8. The van der Waals surface area contributed by atoms with E-state index in [0.717, 1.165) is 22.5 Å². The van der Waals surface area contributed by atoms with Crippen LogP contribution in [0, 0.1) is 6.92 Å². The van der Waals surface area contributed by atoms with Crippen LogP contribution in [0.15, 0.2) is 73.3 Å². The molecule has 190 valence electrons. The Morgan fingerprint density at radius 1 is 0.921 bits per heavy atom. The van der Waals surface area contributed by atoms with Gasteiger partial charge in [-0.2, -0.15) is 5.10 Å². The van der Waals surface area contributed by atoms with Gasteiger partial charge in [0, 0.05) is 59.8 Å². The van der Waals surface area contributed by atoms with Crippen LogP contribution in [0.4, 0.5) is 11.6 Å². The van der Waals surface area contributed by atoms with Crippen LogP contribution in [0.2, 0.25) is 0 Å². The Kier molecular flexibility index (Phi) is 6.98. The predicted molar refractivity (Wildman–Crippen MR) is 142 cm³/mol. The molecule has 38 heavy (non-hydrogen) atoms. The highest BCUT2D eigenvalue weighted by molar-refractivity contribution is 5.92. The average molecular weight is 508 g/mol. The molecule has 0 aliphatic heterocycles. The zero-order chi connectivity index (χ0) is 26.5. The molecule has 0 spiro atoms. The number of aryl methyl sites for hydroxylation is 1. The highest BCUT2D eigenvalue weighted by Gasteiger charge is 2.15. The van der Waals surface area contributed by atoms with Crippen LogP contribution in [-0.2, 0) is 0 Å². The molecule has 5 aromatic heterocycles. The van der Waals surface area contributed by atoms with Crippen molar-refractivity contribution < 1.29 is 9.53 Å². The molecule has 0 bridgehead atoms. The Bertz CT molecular complexity index is 1520. The third-order valence-electron chi connectivity index (χ3n) is 5.74. The molecular formula is C27H25N9O2.